The Kier molecular flexibility index (Phi) is 4.82. The summed E-state index contributed by atoms with van der Waals surface area (Å²) in [7, 11) is 0. The van der Waals surface area contributed by atoms with Crippen LogP contribution in [-0.4, -0.2) is 22.3 Å². The van der Waals surface area contributed by atoms with E-state index in [2.05, 4.69) is 11.6 Å². The van der Waals surface area contributed by atoms with E-state index in [1.807, 2.05) is 39.7 Å². The fraction of sp³-hybridized carbons (Fsp3) is 0.125. The number of amides is 1. The van der Waals surface area contributed by atoms with Crippen LogP contribution in [0.3, 0.4) is 0 Å². The Morgan fingerprint density at radius 2 is 2.18 bits per heavy atom. The summed E-state index contributed by atoms with van der Waals surface area (Å²) in [4.78, 5) is 20.1. The molecule has 0 aromatic carbocycles. The van der Waals surface area contributed by atoms with E-state index in [1.54, 1.807) is 33.6 Å². The van der Waals surface area contributed by atoms with Crippen molar-refractivity contribution >= 4 is 39.9 Å². The highest BCUT2D eigenvalue weighted by Crippen LogP contribution is 2.26. The molecular formula is C16H14N2OS3. The van der Waals surface area contributed by atoms with E-state index < -0.39 is 0 Å². The van der Waals surface area contributed by atoms with Gasteiger partial charge in [0, 0.05) is 27.7 Å². The highest BCUT2D eigenvalue weighted by Gasteiger charge is 2.19. The minimum Gasteiger partial charge on any atom is -0.328 e. The molecule has 0 fully saturated rings. The first kappa shape index (κ1) is 15.1. The maximum atomic E-state index is 12.7. The van der Waals surface area contributed by atoms with Crippen LogP contribution in [0.1, 0.15) is 15.4 Å². The summed E-state index contributed by atoms with van der Waals surface area (Å²) >= 11 is 4.78. The summed E-state index contributed by atoms with van der Waals surface area (Å²) < 4.78 is 0. The summed E-state index contributed by atoms with van der Waals surface area (Å²) in [6.45, 7) is 4.85. The lowest BCUT2D eigenvalue weighted by Gasteiger charge is -2.19. The summed E-state index contributed by atoms with van der Waals surface area (Å²) in [6.07, 6.45) is 1.75. The van der Waals surface area contributed by atoms with Crippen molar-refractivity contribution in [1.82, 2.24) is 9.88 Å². The highest BCUT2D eigenvalue weighted by molar-refractivity contribution is 7.14. The Hall–Kier alpha value is -1.76. The third-order valence-electron chi connectivity index (χ3n) is 3.05. The molecule has 1 amide bonds. The standard InChI is InChI=1S/C16H14N2OS3/c1-2-6-18(9-13-4-3-7-21-13)16(19)14-11-22-15(17-14)12-5-8-20-10-12/h2-5,7-8,10-11H,1,6,9H2. The monoisotopic (exact) mass is 346 g/mol. The molecule has 22 heavy (non-hydrogen) atoms. The van der Waals surface area contributed by atoms with Gasteiger partial charge in [0.2, 0.25) is 0 Å². The average Bonchev–Trinajstić information content (AvgIpc) is 3.26. The van der Waals surface area contributed by atoms with Gasteiger partial charge in [0.05, 0.1) is 6.54 Å². The second-order valence-corrected chi connectivity index (χ2v) is 7.27. The van der Waals surface area contributed by atoms with Gasteiger partial charge in [-0.25, -0.2) is 4.98 Å². The van der Waals surface area contributed by atoms with Crippen molar-refractivity contribution in [2.45, 2.75) is 6.54 Å². The Labute approximate surface area is 141 Å². The fourth-order valence-corrected chi connectivity index (χ4v) is 4.24. The molecule has 0 atom stereocenters. The largest absolute Gasteiger partial charge is 0.328 e. The quantitative estimate of drug-likeness (QED) is 0.603. The molecule has 3 heterocycles. The molecule has 0 aliphatic heterocycles. The van der Waals surface area contributed by atoms with Crippen molar-refractivity contribution in [3.63, 3.8) is 0 Å². The van der Waals surface area contributed by atoms with Gasteiger partial charge in [-0.3, -0.25) is 4.79 Å². The molecule has 0 spiro atoms. The maximum Gasteiger partial charge on any atom is 0.273 e. The van der Waals surface area contributed by atoms with Gasteiger partial charge in [0.15, 0.2) is 0 Å². The number of nitrogens with zero attached hydrogens (tertiary/aromatic N) is 2. The Bertz CT molecular complexity index is 744. The molecule has 0 unspecified atom stereocenters. The molecule has 0 saturated heterocycles. The first-order valence-electron chi connectivity index (χ1n) is 6.68. The molecule has 3 nitrogen and oxygen atoms in total. The molecule has 0 aliphatic carbocycles. The molecule has 0 bridgehead atoms. The van der Waals surface area contributed by atoms with E-state index >= 15 is 0 Å². The summed E-state index contributed by atoms with van der Waals surface area (Å²) in [5.41, 5.74) is 1.58. The lowest BCUT2D eigenvalue weighted by molar-refractivity contribution is 0.0759. The van der Waals surface area contributed by atoms with Crippen molar-refractivity contribution in [3.8, 4) is 10.6 Å². The van der Waals surface area contributed by atoms with Crippen LogP contribution in [0.5, 0.6) is 0 Å². The SMILES string of the molecule is C=CCN(Cc1cccs1)C(=O)c1csc(-c2ccsc2)n1. The zero-order chi connectivity index (χ0) is 15.4. The molecule has 0 radical (unpaired) electrons. The number of carbonyl (C=O) groups is 1. The Balaban J connectivity index is 1.79. The third kappa shape index (κ3) is 3.35. The molecule has 3 aromatic rings. The van der Waals surface area contributed by atoms with Gasteiger partial charge in [-0.05, 0) is 22.9 Å². The van der Waals surface area contributed by atoms with Gasteiger partial charge < -0.3 is 4.90 Å². The maximum absolute atomic E-state index is 12.7. The van der Waals surface area contributed by atoms with E-state index in [-0.39, 0.29) is 5.91 Å². The second-order valence-electron chi connectivity index (χ2n) is 4.60. The number of hydrogen-bond acceptors (Lipinski definition) is 5. The van der Waals surface area contributed by atoms with Crippen LogP contribution in [0.25, 0.3) is 10.6 Å². The number of aromatic nitrogens is 1. The summed E-state index contributed by atoms with van der Waals surface area (Å²) in [5.74, 6) is -0.0500. The molecular weight excluding hydrogens is 332 g/mol. The minimum absolute atomic E-state index is 0.0500. The molecule has 3 rings (SSSR count). The van der Waals surface area contributed by atoms with Crippen LogP contribution < -0.4 is 0 Å². The van der Waals surface area contributed by atoms with Gasteiger partial charge in [-0.1, -0.05) is 12.1 Å². The normalized spacial score (nSPS) is 10.5. The fourth-order valence-electron chi connectivity index (χ4n) is 2.02. The van der Waals surface area contributed by atoms with Crippen molar-refractivity contribution in [2.75, 3.05) is 6.54 Å². The topological polar surface area (TPSA) is 33.2 Å². The number of hydrogen-bond donors (Lipinski definition) is 0. The van der Waals surface area contributed by atoms with Crippen molar-refractivity contribution in [1.29, 1.82) is 0 Å². The van der Waals surface area contributed by atoms with E-state index in [1.165, 1.54) is 11.3 Å². The van der Waals surface area contributed by atoms with E-state index in [0.29, 0.717) is 18.8 Å². The zero-order valence-corrected chi connectivity index (χ0v) is 14.2. The Morgan fingerprint density at radius 1 is 1.27 bits per heavy atom. The molecule has 3 aromatic heterocycles. The first-order valence-corrected chi connectivity index (χ1v) is 9.39. The third-order valence-corrected chi connectivity index (χ3v) is 5.49. The molecule has 6 heteroatoms. The minimum atomic E-state index is -0.0500. The number of thiazole rings is 1. The molecule has 0 saturated carbocycles. The van der Waals surface area contributed by atoms with Gasteiger partial charge in [-0.15, -0.1) is 29.3 Å². The van der Waals surface area contributed by atoms with Crippen LogP contribution in [0.15, 0.2) is 52.4 Å². The Morgan fingerprint density at radius 3 is 2.86 bits per heavy atom. The highest BCUT2D eigenvalue weighted by atomic mass is 32.1. The van der Waals surface area contributed by atoms with Crippen molar-refractivity contribution < 1.29 is 4.79 Å². The van der Waals surface area contributed by atoms with Gasteiger partial charge >= 0.3 is 0 Å². The van der Waals surface area contributed by atoms with E-state index in [9.17, 15) is 4.79 Å². The zero-order valence-electron chi connectivity index (χ0n) is 11.8. The summed E-state index contributed by atoms with van der Waals surface area (Å²) in [6, 6.07) is 6.05. The lowest BCUT2D eigenvalue weighted by atomic mass is 10.3. The van der Waals surface area contributed by atoms with Crippen molar-refractivity contribution in [3.05, 3.63) is 62.9 Å². The molecule has 0 aliphatic rings. The molecule has 0 N–H and O–H groups in total. The number of rotatable bonds is 6. The number of carbonyl (C=O) groups excluding carboxylic acids is 1. The predicted molar refractivity (Wildman–Crippen MR) is 94.7 cm³/mol. The van der Waals surface area contributed by atoms with Crippen LogP contribution in [0.4, 0.5) is 0 Å². The van der Waals surface area contributed by atoms with Crippen molar-refractivity contribution in [2.24, 2.45) is 0 Å². The van der Waals surface area contributed by atoms with E-state index in [0.717, 1.165) is 15.4 Å². The smallest absolute Gasteiger partial charge is 0.273 e. The van der Waals surface area contributed by atoms with Crippen LogP contribution in [0.2, 0.25) is 0 Å². The predicted octanol–water partition coefficient (Wildman–Crippen LogP) is 4.76. The van der Waals surface area contributed by atoms with Crippen LogP contribution in [0, 0.1) is 0 Å². The van der Waals surface area contributed by atoms with Gasteiger partial charge in [0.25, 0.3) is 5.91 Å². The average molecular weight is 347 g/mol. The van der Waals surface area contributed by atoms with E-state index in [4.69, 9.17) is 0 Å². The molecule has 112 valence electrons. The van der Waals surface area contributed by atoms with Gasteiger partial charge in [-0.2, -0.15) is 11.3 Å². The lowest BCUT2D eigenvalue weighted by Crippen LogP contribution is -2.30. The number of thiophene rings is 2. The van der Waals surface area contributed by atoms with Crippen LogP contribution >= 0.6 is 34.0 Å². The second kappa shape index (κ2) is 7.00. The van der Waals surface area contributed by atoms with Gasteiger partial charge in [0.1, 0.15) is 10.7 Å². The van der Waals surface area contributed by atoms with Crippen LogP contribution in [-0.2, 0) is 6.54 Å². The first-order chi connectivity index (χ1) is 10.8. The summed E-state index contributed by atoms with van der Waals surface area (Å²) in [5, 5.41) is 8.79.